The first-order valence-electron chi connectivity index (χ1n) is 10.5. The van der Waals surface area contributed by atoms with Crippen LogP contribution in [0, 0.1) is 23.2 Å². The fourth-order valence-electron chi connectivity index (χ4n) is 4.16. The van der Waals surface area contributed by atoms with Crippen LogP contribution >= 0.6 is 0 Å². The van der Waals surface area contributed by atoms with Gasteiger partial charge in [0.2, 0.25) is 5.91 Å². The van der Waals surface area contributed by atoms with Crippen molar-refractivity contribution in [3.05, 3.63) is 66.4 Å². The van der Waals surface area contributed by atoms with Gasteiger partial charge in [-0.2, -0.15) is 5.26 Å². The molecule has 1 aromatic heterocycles. The van der Waals surface area contributed by atoms with E-state index in [4.69, 9.17) is 10.00 Å². The fourth-order valence-corrected chi connectivity index (χ4v) is 4.16. The van der Waals surface area contributed by atoms with Crippen LogP contribution < -0.4 is 10.1 Å². The van der Waals surface area contributed by atoms with E-state index in [1.807, 2.05) is 37.3 Å². The smallest absolute Gasteiger partial charge is 0.227 e. The molecule has 1 aliphatic carbocycles. The Labute approximate surface area is 176 Å². The van der Waals surface area contributed by atoms with E-state index in [1.165, 1.54) is 0 Å². The van der Waals surface area contributed by atoms with Gasteiger partial charge in [-0.05, 0) is 74.1 Å². The van der Waals surface area contributed by atoms with E-state index >= 15 is 0 Å². The first-order valence-corrected chi connectivity index (χ1v) is 10.5. The molecule has 0 bridgehead atoms. The van der Waals surface area contributed by atoms with Crippen molar-refractivity contribution in [2.45, 2.75) is 38.7 Å². The molecule has 5 nitrogen and oxygen atoms in total. The van der Waals surface area contributed by atoms with Crippen LogP contribution in [0.2, 0.25) is 0 Å². The van der Waals surface area contributed by atoms with Gasteiger partial charge in [0.05, 0.1) is 23.3 Å². The predicted molar refractivity (Wildman–Crippen MR) is 117 cm³/mol. The fraction of sp³-hybridized carbons (Fsp3) is 0.320. The molecule has 1 atom stereocenters. The van der Waals surface area contributed by atoms with Crippen LogP contribution in [0.1, 0.15) is 38.2 Å². The maximum Gasteiger partial charge on any atom is 0.227 e. The highest BCUT2D eigenvalue weighted by Gasteiger charge is 2.30. The summed E-state index contributed by atoms with van der Waals surface area (Å²) in [7, 11) is 0. The van der Waals surface area contributed by atoms with E-state index in [9.17, 15) is 4.79 Å². The standard InChI is InChI=1S/C25H25N3O2/c1-17(25(29)28-20-10-6-18(16-26)7-11-20)19-8-12-21(13-9-19)30-24-14-15-27-23-5-3-2-4-22(23)24/h2-7,10-11,14-15,17,19,21H,8-9,12-13H2,1H3,(H,28,29)/t17?,19-,21+. The van der Waals surface area contributed by atoms with E-state index in [2.05, 4.69) is 16.4 Å². The average Bonchev–Trinajstić information content (AvgIpc) is 2.80. The second-order valence-corrected chi connectivity index (χ2v) is 7.95. The van der Waals surface area contributed by atoms with Crippen molar-refractivity contribution in [1.82, 2.24) is 4.98 Å². The van der Waals surface area contributed by atoms with Crippen LogP contribution in [0.25, 0.3) is 10.9 Å². The minimum Gasteiger partial charge on any atom is -0.490 e. The number of para-hydroxylation sites is 1. The quantitative estimate of drug-likeness (QED) is 0.630. The number of ether oxygens (including phenoxy) is 1. The molecule has 1 aliphatic rings. The van der Waals surface area contributed by atoms with Crippen molar-refractivity contribution >= 4 is 22.5 Å². The topological polar surface area (TPSA) is 75.0 Å². The molecule has 1 heterocycles. The molecule has 152 valence electrons. The number of hydrogen-bond donors (Lipinski definition) is 1. The largest absolute Gasteiger partial charge is 0.490 e. The average molecular weight is 399 g/mol. The van der Waals surface area contributed by atoms with E-state index < -0.39 is 0 Å². The number of benzene rings is 2. The van der Waals surface area contributed by atoms with Gasteiger partial charge in [0.1, 0.15) is 5.75 Å². The normalized spacial score (nSPS) is 19.6. The number of pyridine rings is 1. The molecule has 1 fully saturated rings. The highest BCUT2D eigenvalue weighted by atomic mass is 16.5. The maximum absolute atomic E-state index is 12.7. The van der Waals surface area contributed by atoms with E-state index in [-0.39, 0.29) is 17.9 Å². The number of anilines is 1. The van der Waals surface area contributed by atoms with E-state index in [0.29, 0.717) is 11.5 Å². The number of carbonyl (C=O) groups excluding carboxylic acids is 1. The molecule has 1 N–H and O–H groups in total. The summed E-state index contributed by atoms with van der Waals surface area (Å²) in [5, 5.41) is 12.9. The zero-order valence-electron chi connectivity index (χ0n) is 17.0. The number of nitrogens with one attached hydrogen (secondary N) is 1. The molecular weight excluding hydrogens is 374 g/mol. The van der Waals surface area contributed by atoms with E-state index in [1.54, 1.807) is 30.5 Å². The number of aromatic nitrogens is 1. The summed E-state index contributed by atoms with van der Waals surface area (Å²) in [5.41, 5.74) is 2.26. The SMILES string of the molecule is CC(C(=O)Nc1ccc(C#N)cc1)[C@H]1CC[C@@H](Oc2ccnc3ccccc23)CC1. The Balaban J connectivity index is 1.32. The molecule has 0 aliphatic heterocycles. The lowest BCUT2D eigenvalue weighted by Gasteiger charge is -2.32. The summed E-state index contributed by atoms with van der Waals surface area (Å²) in [6.45, 7) is 2.00. The van der Waals surface area contributed by atoms with Crippen molar-refractivity contribution < 1.29 is 9.53 Å². The van der Waals surface area contributed by atoms with Crippen molar-refractivity contribution in [2.75, 3.05) is 5.32 Å². The molecule has 3 aromatic rings. The van der Waals surface area contributed by atoms with Gasteiger partial charge >= 0.3 is 0 Å². The summed E-state index contributed by atoms with van der Waals surface area (Å²) in [6.07, 6.45) is 5.77. The molecule has 1 saturated carbocycles. The number of nitriles is 1. The Hall–Kier alpha value is -3.39. The zero-order chi connectivity index (χ0) is 20.9. The third-order valence-corrected chi connectivity index (χ3v) is 6.02. The Morgan fingerprint density at radius 2 is 1.83 bits per heavy atom. The molecule has 0 saturated heterocycles. The molecule has 0 spiro atoms. The molecule has 4 rings (SSSR count). The van der Waals surface area contributed by atoms with Crippen LogP contribution in [0.15, 0.2) is 60.8 Å². The second kappa shape index (κ2) is 8.96. The molecule has 30 heavy (non-hydrogen) atoms. The third kappa shape index (κ3) is 4.44. The van der Waals surface area contributed by atoms with Gasteiger partial charge in [0, 0.05) is 23.2 Å². The van der Waals surface area contributed by atoms with Crippen LogP contribution in [-0.2, 0) is 4.79 Å². The molecule has 2 aromatic carbocycles. The lowest BCUT2D eigenvalue weighted by atomic mass is 9.79. The number of nitrogens with zero attached hydrogens (tertiary/aromatic N) is 2. The Kier molecular flexibility index (Phi) is 5.94. The number of hydrogen-bond acceptors (Lipinski definition) is 4. The predicted octanol–water partition coefficient (Wildman–Crippen LogP) is 5.32. The molecule has 0 radical (unpaired) electrons. The van der Waals surface area contributed by atoms with Gasteiger partial charge in [-0.15, -0.1) is 0 Å². The van der Waals surface area contributed by atoms with Gasteiger partial charge in [0.25, 0.3) is 0 Å². The van der Waals surface area contributed by atoms with Crippen LogP contribution in [0.4, 0.5) is 5.69 Å². The maximum atomic E-state index is 12.7. The lowest BCUT2D eigenvalue weighted by Crippen LogP contribution is -2.32. The van der Waals surface area contributed by atoms with Gasteiger partial charge < -0.3 is 10.1 Å². The van der Waals surface area contributed by atoms with E-state index in [0.717, 1.165) is 48.0 Å². The molecule has 1 amide bonds. The summed E-state index contributed by atoms with van der Waals surface area (Å²) in [6, 6.07) is 19.0. The molecular formula is C25H25N3O2. The lowest BCUT2D eigenvalue weighted by molar-refractivity contribution is -0.121. The highest BCUT2D eigenvalue weighted by Crippen LogP contribution is 2.34. The number of rotatable bonds is 5. The summed E-state index contributed by atoms with van der Waals surface area (Å²) in [5.74, 6) is 1.20. The molecule has 1 unspecified atom stereocenters. The Morgan fingerprint density at radius 1 is 1.10 bits per heavy atom. The van der Waals surface area contributed by atoms with Gasteiger partial charge in [-0.3, -0.25) is 9.78 Å². The van der Waals surface area contributed by atoms with Crippen molar-refractivity contribution in [2.24, 2.45) is 11.8 Å². The first-order chi connectivity index (χ1) is 14.6. The van der Waals surface area contributed by atoms with Gasteiger partial charge in [-0.25, -0.2) is 0 Å². The minimum atomic E-state index is -0.0663. The monoisotopic (exact) mass is 399 g/mol. The summed E-state index contributed by atoms with van der Waals surface area (Å²) < 4.78 is 6.31. The third-order valence-electron chi connectivity index (χ3n) is 6.02. The van der Waals surface area contributed by atoms with Crippen molar-refractivity contribution in [3.63, 3.8) is 0 Å². The Morgan fingerprint density at radius 3 is 2.57 bits per heavy atom. The van der Waals surface area contributed by atoms with Crippen molar-refractivity contribution in [1.29, 1.82) is 5.26 Å². The highest BCUT2D eigenvalue weighted by molar-refractivity contribution is 5.92. The van der Waals surface area contributed by atoms with Gasteiger partial charge in [0.15, 0.2) is 0 Å². The first kappa shape index (κ1) is 19.9. The van der Waals surface area contributed by atoms with Crippen LogP contribution in [0.5, 0.6) is 5.75 Å². The number of fused-ring (bicyclic) bond motifs is 1. The number of carbonyl (C=O) groups is 1. The van der Waals surface area contributed by atoms with Crippen LogP contribution in [0.3, 0.4) is 0 Å². The Bertz CT molecular complexity index is 1060. The molecule has 5 heteroatoms. The summed E-state index contributed by atoms with van der Waals surface area (Å²) >= 11 is 0. The number of amides is 1. The van der Waals surface area contributed by atoms with Crippen molar-refractivity contribution in [3.8, 4) is 11.8 Å². The minimum absolute atomic E-state index is 0.0317. The van der Waals surface area contributed by atoms with Crippen LogP contribution in [-0.4, -0.2) is 17.0 Å². The summed E-state index contributed by atoms with van der Waals surface area (Å²) in [4.78, 5) is 17.1. The van der Waals surface area contributed by atoms with Gasteiger partial charge in [-0.1, -0.05) is 19.1 Å². The zero-order valence-corrected chi connectivity index (χ0v) is 17.0. The second-order valence-electron chi connectivity index (χ2n) is 7.95.